The fraction of sp³-hybridized carbons (Fsp3) is 0.229. The van der Waals surface area contributed by atoms with Gasteiger partial charge in [0.1, 0.15) is 0 Å². The first-order chi connectivity index (χ1) is 22.5. The number of hydrogen-bond acceptors (Lipinski definition) is 9. The third kappa shape index (κ3) is 5.97. The first kappa shape index (κ1) is 30.0. The maximum Gasteiger partial charge on any atom is 0.261 e. The number of amides is 2. The molecule has 0 aliphatic carbocycles. The smallest absolute Gasteiger partial charge is 0.261 e. The number of nitrogens with zero attached hydrogens (tertiary/aromatic N) is 5. The van der Waals surface area contributed by atoms with Crippen molar-refractivity contribution < 1.29 is 24.2 Å². The minimum atomic E-state index is -0.609. The van der Waals surface area contributed by atoms with Crippen molar-refractivity contribution >= 4 is 23.6 Å². The van der Waals surface area contributed by atoms with Gasteiger partial charge in [0.05, 0.1) is 36.5 Å². The molecule has 0 spiro atoms. The summed E-state index contributed by atoms with van der Waals surface area (Å²) in [5, 5.41) is 21.9. The highest BCUT2D eigenvalue weighted by Gasteiger charge is 2.36. The number of benzene rings is 4. The Hall–Kier alpha value is -4.68. The average Bonchev–Trinajstić information content (AvgIpc) is 3.63. The molecular weight excluding hydrogens is 602 g/mol. The Morgan fingerprint density at radius 3 is 2.13 bits per heavy atom. The molecule has 1 N–H and O–H groups in total. The van der Waals surface area contributed by atoms with Gasteiger partial charge in [0.25, 0.3) is 11.8 Å². The largest absolute Gasteiger partial charge is 0.392 e. The maximum absolute atomic E-state index is 13.1. The van der Waals surface area contributed by atoms with Gasteiger partial charge in [0.2, 0.25) is 5.16 Å². The highest BCUT2D eigenvalue weighted by molar-refractivity contribution is 7.99. The summed E-state index contributed by atoms with van der Waals surface area (Å²) in [5.74, 6) is 0.0878. The van der Waals surface area contributed by atoms with Crippen molar-refractivity contribution in [2.45, 2.75) is 43.2 Å². The van der Waals surface area contributed by atoms with Gasteiger partial charge < -0.3 is 14.6 Å². The molecule has 3 atom stereocenters. The second kappa shape index (κ2) is 13.0. The van der Waals surface area contributed by atoms with Crippen LogP contribution >= 0.6 is 11.8 Å². The van der Waals surface area contributed by atoms with E-state index in [1.165, 1.54) is 16.7 Å². The molecule has 10 nitrogen and oxygen atoms in total. The van der Waals surface area contributed by atoms with Crippen molar-refractivity contribution in [1.29, 1.82) is 0 Å². The zero-order chi connectivity index (χ0) is 31.6. The van der Waals surface area contributed by atoms with E-state index < -0.39 is 6.29 Å². The van der Waals surface area contributed by atoms with Gasteiger partial charge in [-0.1, -0.05) is 96.7 Å². The fourth-order valence-corrected chi connectivity index (χ4v) is 6.71. The van der Waals surface area contributed by atoms with Crippen LogP contribution in [0.5, 0.6) is 0 Å². The third-order valence-corrected chi connectivity index (χ3v) is 9.45. The number of thioether (sulfide) groups is 1. The van der Waals surface area contributed by atoms with Crippen molar-refractivity contribution in [3.63, 3.8) is 0 Å². The lowest BCUT2D eigenvalue weighted by Crippen LogP contribution is -2.31. The van der Waals surface area contributed by atoms with Gasteiger partial charge >= 0.3 is 0 Å². The van der Waals surface area contributed by atoms with E-state index >= 15 is 0 Å². The molecule has 232 valence electrons. The molecule has 1 saturated heterocycles. The molecule has 11 heteroatoms. The number of imide groups is 1. The predicted octanol–water partition coefficient (Wildman–Crippen LogP) is 5.50. The third-order valence-electron chi connectivity index (χ3n) is 8.31. The Labute approximate surface area is 270 Å². The van der Waals surface area contributed by atoms with E-state index in [1.54, 1.807) is 36.0 Å². The maximum atomic E-state index is 13.1. The minimum absolute atomic E-state index is 0.0175. The normalized spacial score (nSPS) is 19.4. The minimum Gasteiger partial charge on any atom is -0.392 e. The quantitative estimate of drug-likeness (QED) is 0.166. The summed E-state index contributed by atoms with van der Waals surface area (Å²) in [4.78, 5) is 27.4. The number of tetrazole rings is 1. The van der Waals surface area contributed by atoms with Gasteiger partial charge in [-0.15, -0.1) is 5.10 Å². The van der Waals surface area contributed by atoms with Gasteiger partial charge in [-0.25, -0.2) is 4.68 Å². The van der Waals surface area contributed by atoms with Gasteiger partial charge in [0.15, 0.2) is 6.29 Å². The summed E-state index contributed by atoms with van der Waals surface area (Å²) in [7, 11) is 1.81. The number of hydrogen-bond donors (Lipinski definition) is 1. The molecule has 5 aromatic rings. The Morgan fingerprint density at radius 1 is 0.826 bits per heavy atom. The second-order valence-corrected chi connectivity index (χ2v) is 12.3. The molecule has 2 amide bonds. The van der Waals surface area contributed by atoms with Crippen molar-refractivity contribution in [3.05, 3.63) is 130 Å². The van der Waals surface area contributed by atoms with E-state index in [0.29, 0.717) is 28.5 Å². The first-order valence-corrected chi connectivity index (χ1v) is 16.0. The summed E-state index contributed by atoms with van der Waals surface area (Å²) in [6.07, 6.45) is -0.309. The van der Waals surface area contributed by atoms with Crippen molar-refractivity contribution in [3.8, 4) is 11.1 Å². The fourth-order valence-electron chi connectivity index (χ4n) is 5.85. The molecule has 3 heterocycles. The topological polar surface area (TPSA) is 120 Å². The molecule has 1 fully saturated rings. The summed E-state index contributed by atoms with van der Waals surface area (Å²) in [6, 6.07) is 30.5. The van der Waals surface area contributed by atoms with Crippen molar-refractivity contribution in [2.75, 3.05) is 5.75 Å². The molecule has 0 saturated carbocycles. The van der Waals surface area contributed by atoms with Crippen LogP contribution in [0, 0.1) is 0 Å². The van der Waals surface area contributed by atoms with Crippen LogP contribution in [-0.2, 0) is 29.7 Å². The molecule has 0 bridgehead atoms. The SMILES string of the molecule is Cn1nnnc1SCC1CC(c2ccc(CO)cc2)OC(c2ccc(-c3ccccc3CN3C(=O)c4ccccc4C3=O)cc2)O1. The van der Waals surface area contributed by atoms with Crippen LogP contribution in [0.25, 0.3) is 11.1 Å². The van der Waals surface area contributed by atoms with Crippen LogP contribution in [-0.4, -0.2) is 53.9 Å². The zero-order valence-corrected chi connectivity index (χ0v) is 25.8. The molecule has 0 radical (unpaired) electrons. The Balaban J connectivity index is 1.11. The summed E-state index contributed by atoms with van der Waals surface area (Å²) in [6.45, 7) is 0.159. The van der Waals surface area contributed by atoms with E-state index in [2.05, 4.69) is 15.5 Å². The number of fused-ring (bicyclic) bond motifs is 1. The van der Waals surface area contributed by atoms with E-state index in [9.17, 15) is 14.7 Å². The number of rotatable bonds is 9. The Kier molecular flexibility index (Phi) is 8.46. The lowest BCUT2D eigenvalue weighted by molar-refractivity contribution is -0.245. The molecule has 3 unspecified atom stereocenters. The highest BCUT2D eigenvalue weighted by atomic mass is 32.2. The standard InChI is InChI=1S/C35H31N5O5S/c1-39-35(36-37-38-39)46-21-27-18-31(24-12-10-22(20-41)11-13-24)45-34(44-27)25-16-14-23(15-17-25)28-7-3-2-6-26(28)19-40-32(42)29-8-4-5-9-30(29)33(40)43/h2-17,27,31,34,41H,18-21H2,1H3. The molecular formula is C35H31N5O5S. The van der Waals surface area contributed by atoms with Gasteiger partial charge in [0, 0.05) is 24.8 Å². The van der Waals surface area contributed by atoms with E-state index in [-0.39, 0.29) is 37.2 Å². The monoisotopic (exact) mass is 633 g/mol. The van der Waals surface area contributed by atoms with Crippen LogP contribution in [0.3, 0.4) is 0 Å². The molecule has 7 rings (SSSR count). The average molecular weight is 634 g/mol. The van der Waals surface area contributed by atoms with E-state index in [0.717, 1.165) is 33.4 Å². The molecule has 46 heavy (non-hydrogen) atoms. The van der Waals surface area contributed by atoms with Crippen LogP contribution in [0.1, 0.15) is 61.8 Å². The summed E-state index contributed by atoms with van der Waals surface area (Å²) in [5.41, 5.74) is 6.36. The van der Waals surface area contributed by atoms with Crippen LogP contribution in [0.4, 0.5) is 0 Å². The summed E-state index contributed by atoms with van der Waals surface area (Å²) >= 11 is 1.53. The van der Waals surface area contributed by atoms with Crippen LogP contribution in [0.2, 0.25) is 0 Å². The van der Waals surface area contributed by atoms with Crippen LogP contribution < -0.4 is 0 Å². The number of aryl methyl sites for hydroxylation is 1. The van der Waals surface area contributed by atoms with Crippen molar-refractivity contribution in [2.24, 2.45) is 7.05 Å². The lowest BCUT2D eigenvalue weighted by Gasteiger charge is -2.36. The number of ether oxygens (including phenoxy) is 2. The Morgan fingerprint density at radius 2 is 1.48 bits per heavy atom. The second-order valence-electron chi connectivity index (χ2n) is 11.3. The summed E-state index contributed by atoms with van der Waals surface area (Å²) < 4.78 is 14.6. The van der Waals surface area contributed by atoms with Gasteiger partial charge in [-0.05, 0) is 50.4 Å². The first-order valence-electron chi connectivity index (χ1n) is 15.0. The molecule has 1 aromatic heterocycles. The lowest BCUT2D eigenvalue weighted by atomic mass is 9.97. The van der Waals surface area contributed by atoms with Crippen molar-refractivity contribution in [1.82, 2.24) is 25.1 Å². The highest BCUT2D eigenvalue weighted by Crippen LogP contribution is 2.40. The molecule has 2 aliphatic rings. The number of aliphatic hydroxyl groups excluding tert-OH is 1. The molecule has 4 aromatic carbocycles. The Bertz CT molecular complexity index is 1840. The number of aliphatic hydroxyl groups is 1. The van der Waals surface area contributed by atoms with Gasteiger partial charge in [-0.3, -0.25) is 14.5 Å². The van der Waals surface area contributed by atoms with E-state index in [1.807, 2.05) is 72.8 Å². The molecule has 2 aliphatic heterocycles. The number of carbonyl (C=O) groups excluding carboxylic acids is 2. The number of aromatic nitrogens is 4. The van der Waals surface area contributed by atoms with Crippen LogP contribution in [0.15, 0.2) is 102 Å². The van der Waals surface area contributed by atoms with Gasteiger partial charge in [-0.2, -0.15) is 0 Å². The van der Waals surface area contributed by atoms with E-state index in [4.69, 9.17) is 9.47 Å². The predicted molar refractivity (Wildman–Crippen MR) is 170 cm³/mol. The number of carbonyl (C=O) groups is 2. The zero-order valence-electron chi connectivity index (χ0n) is 25.0.